The Morgan fingerprint density at radius 2 is 1.76 bits per heavy atom. The van der Waals surface area contributed by atoms with Gasteiger partial charge in [-0.2, -0.15) is 0 Å². The van der Waals surface area contributed by atoms with Crippen LogP contribution in [0.2, 0.25) is 0 Å². The molecule has 2 rings (SSSR count). The first kappa shape index (κ1) is 12.4. The molecule has 0 unspecified atom stereocenters. The molecule has 0 radical (unpaired) electrons. The number of hydrogen-bond donors (Lipinski definition) is 1. The van der Waals surface area contributed by atoms with E-state index >= 15 is 0 Å². The molecule has 0 bridgehead atoms. The lowest BCUT2D eigenvalue weighted by atomic mass is 10.1. The van der Waals surface area contributed by atoms with Gasteiger partial charge in [0.05, 0.1) is 26.2 Å². The molecule has 1 aliphatic heterocycles. The molecule has 2 nitrogen and oxygen atoms in total. The van der Waals surface area contributed by atoms with E-state index in [2.05, 4.69) is 0 Å². The van der Waals surface area contributed by atoms with Crippen LogP contribution in [0.5, 0.6) is 5.75 Å². The smallest absolute Gasteiger partial charge is 0.123 e. The zero-order valence-corrected chi connectivity index (χ0v) is 10.3. The maximum absolute atomic E-state index is 12.7. The van der Waals surface area contributed by atoms with E-state index in [1.54, 1.807) is 17.0 Å². The van der Waals surface area contributed by atoms with Crippen LogP contribution in [0, 0.1) is 5.82 Å². The normalized spacial score (nSPS) is 17.0. The van der Waals surface area contributed by atoms with E-state index in [-0.39, 0.29) is 5.82 Å². The van der Waals surface area contributed by atoms with E-state index in [9.17, 15) is 4.39 Å². The van der Waals surface area contributed by atoms with Crippen LogP contribution in [0.3, 0.4) is 0 Å². The molecule has 0 aliphatic carbocycles. The van der Waals surface area contributed by atoms with Crippen molar-refractivity contribution in [3.63, 3.8) is 0 Å². The summed E-state index contributed by atoms with van der Waals surface area (Å²) in [5, 5.41) is 0. The summed E-state index contributed by atoms with van der Waals surface area (Å²) >= 11 is 0. The van der Waals surface area contributed by atoms with Gasteiger partial charge in [-0.25, -0.2) is 4.39 Å². The predicted octanol–water partition coefficient (Wildman–Crippen LogP) is 1.66. The highest BCUT2D eigenvalue weighted by atomic mass is 19.1. The van der Waals surface area contributed by atoms with Crippen LogP contribution in [-0.4, -0.2) is 26.2 Å². The minimum Gasteiger partial charge on any atom is -0.493 e. The first-order valence-electron chi connectivity index (χ1n) is 6.56. The second-order valence-electron chi connectivity index (χ2n) is 4.72. The van der Waals surface area contributed by atoms with Gasteiger partial charge < -0.3 is 9.64 Å². The molecule has 17 heavy (non-hydrogen) atoms. The second-order valence-corrected chi connectivity index (χ2v) is 4.72. The van der Waals surface area contributed by atoms with E-state index in [1.165, 1.54) is 51.0 Å². The number of quaternary nitrogens is 1. The van der Waals surface area contributed by atoms with Gasteiger partial charge in [0.15, 0.2) is 0 Å². The minimum absolute atomic E-state index is 0.213. The van der Waals surface area contributed by atoms with Crippen molar-refractivity contribution in [3.8, 4) is 5.75 Å². The Balaban J connectivity index is 1.60. The molecular formula is C14H21FNO+. The Labute approximate surface area is 102 Å². The lowest BCUT2D eigenvalue weighted by molar-refractivity contribution is -0.905. The van der Waals surface area contributed by atoms with Crippen molar-refractivity contribution in [3.05, 3.63) is 30.1 Å². The summed E-state index contributed by atoms with van der Waals surface area (Å²) < 4.78 is 18.2. The molecule has 1 N–H and O–H groups in total. The average Bonchev–Trinajstić information content (AvgIpc) is 2.38. The SMILES string of the molecule is Fc1ccc(OCCC[NH+]2CCCCC2)cc1. The van der Waals surface area contributed by atoms with E-state index in [4.69, 9.17) is 4.74 Å². The number of ether oxygens (including phenoxy) is 1. The standard InChI is InChI=1S/C14H20FNO/c15-13-5-7-14(8-6-13)17-12-4-11-16-9-2-1-3-10-16/h5-8H,1-4,9-12H2/p+1. The van der Waals surface area contributed by atoms with Gasteiger partial charge in [-0.1, -0.05) is 0 Å². The number of rotatable bonds is 5. The lowest BCUT2D eigenvalue weighted by Gasteiger charge is -2.23. The van der Waals surface area contributed by atoms with Gasteiger partial charge in [-0.3, -0.25) is 0 Å². The fourth-order valence-corrected chi connectivity index (χ4v) is 2.34. The summed E-state index contributed by atoms with van der Waals surface area (Å²) in [7, 11) is 0. The highest BCUT2D eigenvalue weighted by Gasteiger charge is 2.12. The van der Waals surface area contributed by atoms with E-state index < -0.39 is 0 Å². The molecule has 1 saturated heterocycles. The molecule has 1 heterocycles. The summed E-state index contributed by atoms with van der Waals surface area (Å²) in [5.74, 6) is 0.551. The number of benzene rings is 1. The Kier molecular flexibility index (Phi) is 4.80. The molecule has 94 valence electrons. The summed E-state index contributed by atoms with van der Waals surface area (Å²) in [4.78, 5) is 1.71. The van der Waals surface area contributed by atoms with E-state index in [0.29, 0.717) is 0 Å². The van der Waals surface area contributed by atoms with Crippen molar-refractivity contribution in [2.75, 3.05) is 26.2 Å². The van der Waals surface area contributed by atoms with Crippen LogP contribution in [0.15, 0.2) is 24.3 Å². The van der Waals surface area contributed by atoms with Crippen LogP contribution in [-0.2, 0) is 0 Å². The second kappa shape index (κ2) is 6.60. The molecule has 3 heteroatoms. The minimum atomic E-state index is -0.213. The summed E-state index contributed by atoms with van der Waals surface area (Å²) in [6.45, 7) is 4.56. The van der Waals surface area contributed by atoms with Crippen molar-refractivity contribution in [1.82, 2.24) is 0 Å². The zero-order chi connectivity index (χ0) is 11.9. The third-order valence-electron chi connectivity index (χ3n) is 3.32. The van der Waals surface area contributed by atoms with Crippen molar-refractivity contribution in [2.45, 2.75) is 25.7 Å². The number of hydrogen-bond acceptors (Lipinski definition) is 1. The van der Waals surface area contributed by atoms with Gasteiger partial charge in [0.25, 0.3) is 0 Å². The summed E-state index contributed by atoms with van der Waals surface area (Å²) in [6.07, 6.45) is 5.21. The molecule has 1 aromatic rings. The van der Waals surface area contributed by atoms with Gasteiger partial charge in [0, 0.05) is 6.42 Å². The van der Waals surface area contributed by atoms with Crippen molar-refractivity contribution < 1.29 is 14.0 Å². The average molecular weight is 238 g/mol. The quantitative estimate of drug-likeness (QED) is 0.770. The van der Waals surface area contributed by atoms with Crippen molar-refractivity contribution >= 4 is 0 Å². The highest BCUT2D eigenvalue weighted by molar-refractivity contribution is 5.21. The highest BCUT2D eigenvalue weighted by Crippen LogP contribution is 2.10. The first-order valence-corrected chi connectivity index (χ1v) is 6.56. The van der Waals surface area contributed by atoms with Crippen LogP contribution in [0.1, 0.15) is 25.7 Å². The third-order valence-corrected chi connectivity index (χ3v) is 3.32. The van der Waals surface area contributed by atoms with E-state index in [0.717, 1.165) is 18.8 Å². The van der Waals surface area contributed by atoms with Crippen LogP contribution < -0.4 is 9.64 Å². The van der Waals surface area contributed by atoms with E-state index in [1.807, 2.05) is 0 Å². The van der Waals surface area contributed by atoms with Crippen LogP contribution >= 0.6 is 0 Å². The molecule has 1 aliphatic rings. The number of piperidine rings is 1. The molecule has 0 aromatic heterocycles. The van der Waals surface area contributed by atoms with Gasteiger partial charge in [-0.15, -0.1) is 0 Å². The molecule has 0 spiro atoms. The summed E-state index contributed by atoms with van der Waals surface area (Å²) in [6, 6.07) is 6.24. The number of nitrogens with one attached hydrogen (secondary N) is 1. The van der Waals surface area contributed by atoms with Gasteiger partial charge in [0.1, 0.15) is 11.6 Å². The fourth-order valence-electron chi connectivity index (χ4n) is 2.34. The Morgan fingerprint density at radius 3 is 2.47 bits per heavy atom. The third kappa shape index (κ3) is 4.35. The van der Waals surface area contributed by atoms with Crippen molar-refractivity contribution in [2.24, 2.45) is 0 Å². The van der Waals surface area contributed by atoms with Crippen LogP contribution in [0.4, 0.5) is 4.39 Å². The Morgan fingerprint density at radius 1 is 1.06 bits per heavy atom. The van der Waals surface area contributed by atoms with Gasteiger partial charge >= 0.3 is 0 Å². The first-order chi connectivity index (χ1) is 8.34. The lowest BCUT2D eigenvalue weighted by Crippen LogP contribution is -3.12. The summed E-state index contributed by atoms with van der Waals surface area (Å²) in [5.41, 5.74) is 0. The van der Waals surface area contributed by atoms with Crippen molar-refractivity contribution in [1.29, 1.82) is 0 Å². The molecule has 0 atom stereocenters. The molecule has 0 amide bonds. The Hall–Kier alpha value is -1.09. The number of likely N-dealkylation sites (tertiary alicyclic amines) is 1. The largest absolute Gasteiger partial charge is 0.493 e. The predicted molar refractivity (Wildman–Crippen MR) is 65.9 cm³/mol. The topological polar surface area (TPSA) is 13.7 Å². The zero-order valence-electron chi connectivity index (χ0n) is 10.3. The Bertz CT molecular complexity index is 319. The maximum atomic E-state index is 12.7. The molecule has 1 fully saturated rings. The van der Waals surface area contributed by atoms with Crippen LogP contribution in [0.25, 0.3) is 0 Å². The van der Waals surface area contributed by atoms with Gasteiger partial charge in [-0.05, 0) is 43.5 Å². The molecular weight excluding hydrogens is 217 g/mol. The van der Waals surface area contributed by atoms with Gasteiger partial charge in [0.2, 0.25) is 0 Å². The fraction of sp³-hybridized carbons (Fsp3) is 0.571. The monoisotopic (exact) mass is 238 g/mol. The maximum Gasteiger partial charge on any atom is 0.123 e. The molecule has 0 saturated carbocycles. The molecule has 1 aromatic carbocycles. The number of halogens is 1.